The molecule has 0 spiro atoms. The lowest BCUT2D eigenvalue weighted by molar-refractivity contribution is 0.0937. The van der Waals surface area contributed by atoms with Crippen molar-refractivity contribution in [2.75, 3.05) is 0 Å². The molecule has 0 aliphatic rings. The number of hydrogen-bond donors (Lipinski definition) is 3. The van der Waals surface area contributed by atoms with Crippen LogP contribution in [-0.2, 0) is 7.05 Å². The maximum absolute atomic E-state index is 12.1. The van der Waals surface area contributed by atoms with Crippen LogP contribution >= 0.6 is 0 Å². The molecule has 3 aromatic rings. The Labute approximate surface area is 126 Å². The molecule has 22 heavy (non-hydrogen) atoms. The van der Waals surface area contributed by atoms with Crippen LogP contribution in [0.4, 0.5) is 0 Å². The maximum atomic E-state index is 12.1. The van der Waals surface area contributed by atoms with Gasteiger partial charge in [0.05, 0.1) is 17.7 Å². The molecule has 0 saturated carbocycles. The number of carbonyl (C=O) groups is 1. The van der Waals surface area contributed by atoms with E-state index in [4.69, 9.17) is 4.42 Å². The second-order valence-corrected chi connectivity index (χ2v) is 4.71. The lowest BCUT2D eigenvalue weighted by Gasteiger charge is -2.07. The predicted molar refractivity (Wildman–Crippen MR) is 81.3 cm³/mol. The quantitative estimate of drug-likeness (QED) is 0.628. The van der Waals surface area contributed by atoms with Crippen molar-refractivity contribution < 1.29 is 9.21 Å². The molecule has 0 aromatic carbocycles. The summed E-state index contributed by atoms with van der Waals surface area (Å²) in [4.78, 5) is 12.1. The number of hydrazine groups is 1. The second kappa shape index (κ2) is 5.65. The summed E-state index contributed by atoms with van der Waals surface area (Å²) in [5.74, 6) is 0.204. The van der Waals surface area contributed by atoms with Crippen LogP contribution in [0.3, 0.4) is 0 Å². The van der Waals surface area contributed by atoms with Gasteiger partial charge in [0.25, 0.3) is 5.91 Å². The highest BCUT2D eigenvalue weighted by molar-refractivity contribution is 5.93. The second-order valence-electron chi connectivity index (χ2n) is 4.71. The van der Waals surface area contributed by atoms with Gasteiger partial charge in [-0.2, -0.15) is 5.10 Å². The molecule has 0 radical (unpaired) electrons. The third-order valence-electron chi connectivity index (χ3n) is 3.17. The Balaban J connectivity index is 1.65. The van der Waals surface area contributed by atoms with Crippen LogP contribution in [0.5, 0.6) is 0 Å². The van der Waals surface area contributed by atoms with Crippen molar-refractivity contribution >= 4 is 11.6 Å². The van der Waals surface area contributed by atoms with E-state index in [2.05, 4.69) is 27.6 Å². The zero-order valence-corrected chi connectivity index (χ0v) is 12.0. The van der Waals surface area contributed by atoms with Crippen LogP contribution in [0.2, 0.25) is 0 Å². The third kappa shape index (κ3) is 2.64. The summed E-state index contributed by atoms with van der Waals surface area (Å²) in [6.45, 7) is 3.77. The van der Waals surface area contributed by atoms with E-state index in [0.29, 0.717) is 22.8 Å². The number of hydrogen-bond acceptors (Lipinski definition) is 4. The summed E-state index contributed by atoms with van der Waals surface area (Å²) in [6.07, 6.45) is 3.45. The van der Waals surface area contributed by atoms with Gasteiger partial charge in [-0.05, 0) is 30.3 Å². The van der Waals surface area contributed by atoms with E-state index in [1.807, 2.05) is 29.9 Å². The molecule has 0 aliphatic carbocycles. The molecule has 7 nitrogen and oxygen atoms in total. The fraction of sp³-hybridized carbons (Fsp3) is 0.0667. The highest BCUT2D eigenvalue weighted by atomic mass is 16.3. The van der Waals surface area contributed by atoms with Crippen molar-refractivity contribution in [3.05, 3.63) is 60.8 Å². The first kappa shape index (κ1) is 13.7. The molecule has 0 unspecified atom stereocenters. The highest BCUT2D eigenvalue weighted by Crippen LogP contribution is 2.17. The normalized spacial score (nSPS) is 10.4. The Bertz CT molecular complexity index is 798. The molecule has 3 rings (SSSR count). The number of furan rings is 1. The number of amides is 1. The van der Waals surface area contributed by atoms with Crippen LogP contribution in [0.25, 0.3) is 17.1 Å². The van der Waals surface area contributed by atoms with E-state index in [1.165, 1.54) is 6.26 Å². The fourth-order valence-corrected chi connectivity index (χ4v) is 2.01. The van der Waals surface area contributed by atoms with Gasteiger partial charge in [-0.25, -0.2) is 0 Å². The molecule has 0 atom stereocenters. The predicted octanol–water partition coefficient (Wildman–Crippen LogP) is 1.91. The largest absolute Gasteiger partial charge is 0.463 e. The van der Waals surface area contributed by atoms with Crippen molar-refractivity contribution in [1.82, 2.24) is 25.6 Å². The number of H-pyrrole nitrogens is 1. The highest BCUT2D eigenvalue weighted by Gasteiger charge is 2.12. The van der Waals surface area contributed by atoms with Gasteiger partial charge in [-0.3, -0.25) is 20.7 Å². The van der Waals surface area contributed by atoms with E-state index in [9.17, 15) is 4.79 Å². The smallest absolute Gasteiger partial charge is 0.287 e. The molecule has 0 fully saturated rings. The molecule has 1 amide bonds. The van der Waals surface area contributed by atoms with Crippen molar-refractivity contribution in [1.29, 1.82) is 0 Å². The van der Waals surface area contributed by atoms with Crippen molar-refractivity contribution in [2.24, 2.45) is 7.05 Å². The molecule has 112 valence electrons. The number of carbonyl (C=O) groups excluding carboxylic acids is 1. The van der Waals surface area contributed by atoms with E-state index in [0.717, 1.165) is 5.69 Å². The Hall–Kier alpha value is -3.22. The first-order chi connectivity index (χ1) is 10.6. The third-order valence-corrected chi connectivity index (χ3v) is 3.17. The molecule has 0 saturated heterocycles. The van der Waals surface area contributed by atoms with Gasteiger partial charge in [0.15, 0.2) is 5.76 Å². The number of aromatic nitrogens is 3. The molecule has 7 heteroatoms. The molecular weight excluding hydrogens is 282 g/mol. The van der Waals surface area contributed by atoms with E-state index < -0.39 is 0 Å². The number of nitrogens with one attached hydrogen (secondary N) is 3. The van der Waals surface area contributed by atoms with Gasteiger partial charge in [0, 0.05) is 13.2 Å². The minimum Gasteiger partial charge on any atom is -0.463 e. The summed E-state index contributed by atoms with van der Waals surface area (Å²) in [5, 5.41) is 6.85. The lowest BCUT2D eigenvalue weighted by Crippen LogP contribution is -2.35. The zero-order valence-electron chi connectivity index (χ0n) is 12.0. The van der Waals surface area contributed by atoms with Crippen molar-refractivity contribution in [3.63, 3.8) is 0 Å². The first-order valence-electron chi connectivity index (χ1n) is 6.61. The summed E-state index contributed by atoms with van der Waals surface area (Å²) < 4.78 is 7.09. The average molecular weight is 297 g/mol. The van der Waals surface area contributed by atoms with Crippen LogP contribution in [0.1, 0.15) is 16.2 Å². The topological polar surface area (TPSA) is 87.9 Å². The van der Waals surface area contributed by atoms with Crippen LogP contribution < -0.4 is 10.9 Å². The molecule has 3 heterocycles. The van der Waals surface area contributed by atoms with E-state index in [1.54, 1.807) is 18.2 Å². The number of aromatic amines is 1. The minimum absolute atomic E-state index is 0.343. The lowest BCUT2D eigenvalue weighted by atomic mass is 10.3. The summed E-state index contributed by atoms with van der Waals surface area (Å²) >= 11 is 0. The minimum atomic E-state index is -0.347. The van der Waals surface area contributed by atoms with Gasteiger partial charge in [-0.15, -0.1) is 0 Å². The van der Waals surface area contributed by atoms with Crippen LogP contribution in [0.15, 0.2) is 53.8 Å². The van der Waals surface area contributed by atoms with Crippen molar-refractivity contribution in [2.45, 2.75) is 0 Å². The SMILES string of the molecule is C=C(NNC(=O)c1cc(-c2cccn2C)n[nH]1)c1ccco1. The molecule has 3 N–H and O–H groups in total. The summed E-state index contributed by atoms with van der Waals surface area (Å²) in [6, 6.07) is 9.01. The van der Waals surface area contributed by atoms with Crippen LogP contribution in [-0.4, -0.2) is 20.7 Å². The summed E-state index contributed by atoms with van der Waals surface area (Å²) in [5.41, 5.74) is 7.65. The zero-order chi connectivity index (χ0) is 15.5. The van der Waals surface area contributed by atoms with Gasteiger partial charge in [0.2, 0.25) is 0 Å². The van der Waals surface area contributed by atoms with Gasteiger partial charge in [-0.1, -0.05) is 6.58 Å². The van der Waals surface area contributed by atoms with E-state index in [-0.39, 0.29) is 5.91 Å². The Kier molecular flexibility index (Phi) is 3.53. The van der Waals surface area contributed by atoms with Crippen molar-refractivity contribution in [3.8, 4) is 11.4 Å². The van der Waals surface area contributed by atoms with Gasteiger partial charge in [0.1, 0.15) is 11.4 Å². The number of rotatable bonds is 5. The van der Waals surface area contributed by atoms with Gasteiger partial charge >= 0.3 is 0 Å². The monoisotopic (exact) mass is 297 g/mol. The number of aryl methyl sites for hydroxylation is 1. The van der Waals surface area contributed by atoms with Gasteiger partial charge < -0.3 is 8.98 Å². The van der Waals surface area contributed by atoms with Crippen LogP contribution in [0, 0.1) is 0 Å². The maximum Gasteiger partial charge on any atom is 0.287 e. The summed E-state index contributed by atoms with van der Waals surface area (Å²) in [7, 11) is 1.92. The standard InChI is InChI=1S/C15H15N5O2/c1-10(14-6-4-8-22-14)16-19-15(21)12-9-11(17-18-12)13-5-3-7-20(13)2/h3-9,16H,1H2,2H3,(H,17,18)(H,19,21). The average Bonchev–Trinajstić information content (AvgIpc) is 3.24. The molecule has 3 aromatic heterocycles. The molecular formula is C15H15N5O2. The number of nitrogens with zero attached hydrogens (tertiary/aromatic N) is 2. The molecule has 0 aliphatic heterocycles. The first-order valence-corrected chi connectivity index (χ1v) is 6.61. The molecule has 0 bridgehead atoms. The fourth-order valence-electron chi connectivity index (χ4n) is 2.01. The Morgan fingerprint density at radius 3 is 2.91 bits per heavy atom. The van der Waals surface area contributed by atoms with E-state index >= 15 is 0 Å². The Morgan fingerprint density at radius 2 is 2.23 bits per heavy atom. The Morgan fingerprint density at radius 1 is 1.36 bits per heavy atom.